The fourth-order valence-electron chi connectivity index (χ4n) is 9.73. The molecular formula is C47H53ClF2N8O4. The highest BCUT2D eigenvalue weighted by Crippen LogP contribution is 2.34. The number of ketones is 1. The van der Waals surface area contributed by atoms with Crippen LogP contribution in [0.25, 0.3) is 0 Å². The largest absolute Gasteiger partial charge is 0.369 e. The monoisotopic (exact) mass is 866 g/mol. The van der Waals surface area contributed by atoms with Crippen molar-refractivity contribution in [2.75, 3.05) is 78.9 Å². The fourth-order valence-corrected chi connectivity index (χ4v) is 9.94. The van der Waals surface area contributed by atoms with Crippen molar-refractivity contribution in [3.63, 3.8) is 0 Å². The van der Waals surface area contributed by atoms with Gasteiger partial charge in [-0.05, 0) is 93.8 Å². The van der Waals surface area contributed by atoms with Gasteiger partial charge in [-0.2, -0.15) is 5.26 Å². The first-order chi connectivity index (χ1) is 29.8. The minimum absolute atomic E-state index is 0.0751. The number of aryl methyl sites for hydroxylation is 1. The molecular weight excluding hydrogens is 814 g/mol. The number of imide groups is 1. The van der Waals surface area contributed by atoms with E-state index in [2.05, 4.69) is 37.5 Å². The number of allylic oxidation sites excluding steroid dienone is 1. The lowest BCUT2D eigenvalue weighted by Crippen LogP contribution is -2.59. The van der Waals surface area contributed by atoms with Crippen LogP contribution in [0.3, 0.4) is 0 Å². The van der Waals surface area contributed by atoms with Crippen LogP contribution in [0.1, 0.15) is 67.4 Å². The van der Waals surface area contributed by atoms with Gasteiger partial charge in [0.25, 0.3) is 0 Å². The third-order valence-corrected chi connectivity index (χ3v) is 13.7. The number of hydrogen-bond donors (Lipinski definition) is 2. The number of fused-ring (bicyclic) bond motifs is 1. The molecule has 12 nitrogen and oxygen atoms in total. The molecule has 4 heterocycles. The van der Waals surface area contributed by atoms with Gasteiger partial charge in [-0.15, -0.1) is 0 Å². The van der Waals surface area contributed by atoms with Crippen LogP contribution in [0, 0.1) is 40.7 Å². The van der Waals surface area contributed by atoms with Crippen molar-refractivity contribution < 1.29 is 28.0 Å². The van der Waals surface area contributed by atoms with Gasteiger partial charge >= 0.3 is 6.03 Å². The Morgan fingerprint density at radius 2 is 1.56 bits per heavy atom. The van der Waals surface area contributed by atoms with Crippen molar-refractivity contribution in [3.05, 3.63) is 94.0 Å². The number of nitriles is 1. The maximum absolute atomic E-state index is 15.6. The highest BCUT2D eigenvalue weighted by Gasteiger charge is 2.34. The van der Waals surface area contributed by atoms with Crippen molar-refractivity contribution in [1.29, 1.82) is 5.26 Å². The van der Waals surface area contributed by atoms with Crippen LogP contribution >= 0.6 is 11.6 Å². The summed E-state index contributed by atoms with van der Waals surface area (Å²) < 4.78 is 31.1. The molecule has 62 heavy (non-hydrogen) atoms. The van der Waals surface area contributed by atoms with E-state index in [0.29, 0.717) is 61.9 Å². The summed E-state index contributed by atoms with van der Waals surface area (Å²) in [5.41, 5.74) is 4.17. The molecule has 2 N–H and O–H groups in total. The minimum Gasteiger partial charge on any atom is -0.369 e. The third kappa shape index (κ3) is 9.29. The Bertz CT molecular complexity index is 2300. The van der Waals surface area contributed by atoms with Crippen LogP contribution in [-0.2, 0) is 16.0 Å². The molecule has 0 saturated carbocycles. The van der Waals surface area contributed by atoms with Gasteiger partial charge in [-0.3, -0.25) is 24.6 Å². The average molecular weight is 867 g/mol. The number of urea groups is 1. The number of halogens is 3. The summed E-state index contributed by atoms with van der Waals surface area (Å²) >= 11 is 6.28. The summed E-state index contributed by atoms with van der Waals surface area (Å²) in [6.45, 7) is 10.5. The van der Waals surface area contributed by atoms with Crippen LogP contribution in [0.15, 0.2) is 60.7 Å². The Kier molecular flexibility index (Phi) is 12.8. The van der Waals surface area contributed by atoms with Gasteiger partial charge in [0.05, 0.1) is 27.9 Å². The van der Waals surface area contributed by atoms with E-state index in [9.17, 15) is 24.4 Å². The molecule has 3 aromatic carbocycles. The van der Waals surface area contributed by atoms with E-state index < -0.39 is 17.7 Å². The first-order valence-corrected chi connectivity index (χ1v) is 22.2. The first-order valence-electron chi connectivity index (χ1n) is 21.8. The predicted octanol–water partition coefficient (Wildman–Crippen LogP) is 7.01. The zero-order valence-corrected chi connectivity index (χ0v) is 36.0. The molecule has 4 aliphatic heterocycles. The van der Waals surface area contributed by atoms with Gasteiger partial charge < -0.3 is 24.9 Å². The van der Waals surface area contributed by atoms with E-state index in [1.165, 1.54) is 6.07 Å². The maximum atomic E-state index is 15.6. The van der Waals surface area contributed by atoms with Crippen LogP contribution in [0.5, 0.6) is 0 Å². The number of piperidine rings is 2. The van der Waals surface area contributed by atoms with Gasteiger partial charge in [-0.1, -0.05) is 23.8 Å². The lowest BCUT2D eigenvalue weighted by atomic mass is 9.81. The molecule has 326 valence electrons. The summed E-state index contributed by atoms with van der Waals surface area (Å²) in [6.07, 6.45) is 7.62. The molecule has 4 saturated heterocycles. The Morgan fingerprint density at radius 1 is 0.839 bits per heavy atom. The Hall–Kier alpha value is -5.52. The molecule has 0 aromatic heterocycles. The van der Waals surface area contributed by atoms with Crippen molar-refractivity contribution in [3.8, 4) is 6.07 Å². The fraction of sp³-hybridized carbons (Fsp3) is 0.468. The summed E-state index contributed by atoms with van der Waals surface area (Å²) in [4.78, 5) is 60.9. The zero-order valence-electron chi connectivity index (χ0n) is 35.2. The molecule has 0 spiro atoms. The van der Waals surface area contributed by atoms with E-state index in [-0.39, 0.29) is 52.9 Å². The highest BCUT2D eigenvalue weighted by atomic mass is 35.5. The van der Waals surface area contributed by atoms with E-state index in [1.54, 1.807) is 23.1 Å². The second-order valence-corrected chi connectivity index (χ2v) is 17.9. The normalized spacial score (nSPS) is 24.0. The van der Waals surface area contributed by atoms with Gasteiger partial charge in [0.2, 0.25) is 11.8 Å². The second kappa shape index (κ2) is 18.4. The Morgan fingerprint density at radius 3 is 2.29 bits per heavy atom. The lowest BCUT2D eigenvalue weighted by Gasteiger charge is -2.45. The average Bonchev–Trinajstić information content (AvgIpc) is 3.26. The molecule has 8 rings (SSSR count). The van der Waals surface area contributed by atoms with Crippen molar-refractivity contribution >= 4 is 58.0 Å². The van der Waals surface area contributed by atoms with Crippen molar-refractivity contribution in [1.82, 2.24) is 15.1 Å². The Balaban J connectivity index is 0.786. The number of amides is 4. The number of nitrogens with zero attached hydrogens (tertiary/aromatic N) is 6. The number of carbonyl (C=O) groups is 4. The van der Waals surface area contributed by atoms with Crippen LogP contribution in [0.4, 0.5) is 36.3 Å². The van der Waals surface area contributed by atoms with E-state index in [4.69, 9.17) is 11.6 Å². The van der Waals surface area contributed by atoms with Gasteiger partial charge in [-0.25, -0.2) is 13.6 Å². The van der Waals surface area contributed by atoms with E-state index >= 15 is 8.78 Å². The third-order valence-electron chi connectivity index (χ3n) is 13.4. The Labute approximate surface area is 366 Å². The SMILES string of the molecule is C[C@@H]1CN(c2ccc(C#N)c(Cl)c2)[C@@H](C)CN1C(=O)Nc1cc(F)c(N2CCC(CN3CCN(c4ccc5c(c4)CCC(/C=C/[C@H]4CCC(=O)NC4=O)C5=O)CC3)CC2)cc1F. The van der Waals surface area contributed by atoms with E-state index in [1.807, 2.05) is 43.0 Å². The number of nitrogens with one attached hydrogen (secondary N) is 2. The molecule has 4 fully saturated rings. The zero-order chi connectivity index (χ0) is 43.7. The molecule has 0 bridgehead atoms. The number of anilines is 4. The molecule has 15 heteroatoms. The van der Waals surface area contributed by atoms with Gasteiger partial charge in [0, 0.05) is 112 Å². The maximum Gasteiger partial charge on any atom is 0.322 e. The summed E-state index contributed by atoms with van der Waals surface area (Å²) in [5.74, 6) is -1.94. The molecule has 1 aliphatic carbocycles. The number of Topliss-reactive ketones (excluding diaryl/α,β-unsaturated/α-hetero) is 1. The summed E-state index contributed by atoms with van der Waals surface area (Å²) in [7, 11) is 0. The molecule has 0 radical (unpaired) electrons. The standard InChI is InChI=1S/C47H53ClF2N8O4/c1-29-27-58(30(2)26-57(29)37-9-7-35(25-51)39(48)22-37)47(62)52-42-23-41(50)43(24-40(42)49)56-15-13-31(14-16-56)28-54-17-19-55(20-18-54)36-10-11-38-34(21-36)6-4-32(45(38)60)3-5-33-8-12-44(59)53-46(33)61/h3,5,7,9-11,21-24,29-33H,4,6,8,12-20,26-28H2,1-2H3,(H,52,62)(H,53,59,61)/b5-3+/t29-,30+,32?,33-/m0/s1. The number of benzene rings is 3. The van der Waals surface area contributed by atoms with Crippen LogP contribution in [-0.4, -0.2) is 104 Å². The lowest BCUT2D eigenvalue weighted by molar-refractivity contribution is -0.135. The topological polar surface area (TPSA) is 132 Å². The molecule has 4 atom stereocenters. The predicted molar refractivity (Wildman–Crippen MR) is 236 cm³/mol. The highest BCUT2D eigenvalue weighted by molar-refractivity contribution is 6.32. The van der Waals surface area contributed by atoms with Gasteiger partial charge in [0.1, 0.15) is 17.7 Å². The molecule has 1 unspecified atom stereocenters. The molecule has 5 aliphatic rings. The molecule has 3 aromatic rings. The summed E-state index contributed by atoms with van der Waals surface area (Å²) in [6, 6.07) is 14.9. The number of carbonyl (C=O) groups excluding carboxylic acids is 4. The van der Waals surface area contributed by atoms with Crippen LogP contribution < -0.4 is 25.3 Å². The second-order valence-electron chi connectivity index (χ2n) is 17.5. The quantitative estimate of drug-likeness (QED) is 0.181. The van der Waals surface area contributed by atoms with Crippen molar-refractivity contribution in [2.45, 2.75) is 64.5 Å². The van der Waals surface area contributed by atoms with E-state index in [0.717, 1.165) is 80.6 Å². The van der Waals surface area contributed by atoms with Crippen LogP contribution in [0.2, 0.25) is 5.02 Å². The minimum atomic E-state index is -0.685. The summed E-state index contributed by atoms with van der Waals surface area (Å²) in [5, 5.41) is 14.6. The van der Waals surface area contributed by atoms with Crippen molar-refractivity contribution in [2.24, 2.45) is 17.8 Å². The number of piperazine rings is 2. The van der Waals surface area contributed by atoms with Gasteiger partial charge in [0.15, 0.2) is 5.78 Å². The smallest absolute Gasteiger partial charge is 0.322 e. The first kappa shape index (κ1) is 43.1. The number of hydrogen-bond acceptors (Lipinski definition) is 9. The molecule has 4 amide bonds. The number of rotatable bonds is 8.